The Morgan fingerprint density at radius 1 is 1.43 bits per heavy atom. The Hall–Kier alpha value is -2.44. The molecular formula is C14H13FN4O2. The maximum absolute atomic E-state index is 13.6. The van der Waals surface area contributed by atoms with Gasteiger partial charge in [-0.1, -0.05) is 12.1 Å². The van der Waals surface area contributed by atoms with Gasteiger partial charge in [0.1, 0.15) is 6.33 Å². The third-order valence-corrected chi connectivity index (χ3v) is 3.75. The largest absolute Gasteiger partial charge is 0.477 e. The third kappa shape index (κ3) is 2.14. The molecule has 0 bridgehead atoms. The molecule has 4 rings (SSSR count). The summed E-state index contributed by atoms with van der Waals surface area (Å²) < 4.78 is 20.9. The standard InChI is InChI=1S/C14H13FN4O2/c15-10-3-1-2-8-6-11(21-12(8)10)13(20)17-14-18-16-7-19(14)9-4-5-9/h1-3,7,9,11H,4-6H2,(H,17,18,20). The van der Waals surface area contributed by atoms with Gasteiger partial charge in [0.15, 0.2) is 17.7 Å². The van der Waals surface area contributed by atoms with Gasteiger partial charge in [0, 0.05) is 18.0 Å². The monoisotopic (exact) mass is 288 g/mol. The molecule has 1 amide bonds. The number of ether oxygens (including phenoxy) is 1. The molecule has 1 aliphatic carbocycles. The number of benzene rings is 1. The summed E-state index contributed by atoms with van der Waals surface area (Å²) in [5.41, 5.74) is 0.707. The molecule has 7 heteroatoms. The average Bonchev–Trinajstić information content (AvgIpc) is 3.04. The number of anilines is 1. The number of halogens is 1. The van der Waals surface area contributed by atoms with Crippen LogP contribution in [0.25, 0.3) is 0 Å². The fraction of sp³-hybridized carbons (Fsp3) is 0.357. The predicted octanol–water partition coefficient (Wildman–Crippen LogP) is 1.69. The number of nitrogens with one attached hydrogen (secondary N) is 1. The van der Waals surface area contributed by atoms with E-state index in [9.17, 15) is 9.18 Å². The van der Waals surface area contributed by atoms with Crippen LogP contribution in [-0.4, -0.2) is 26.8 Å². The Labute approximate surface area is 119 Å². The molecule has 1 aliphatic heterocycles. The molecule has 1 fully saturated rings. The highest BCUT2D eigenvalue weighted by atomic mass is 19.1. The summed E-state index contributed by atoms with van der Waals surface area (Å²) in [7, 11) is 0. The summed E-state index contributed by atoms with van der Waals surface area (Å²) in [6, 6.07) is 5.07. The maximum Gasteiger partial charge on any atom is 0.268 e. The highest BCUT2D eigenvalue weighted by Crippen LogP contribution is 2.36. The van der Waals surface area contributed by atoms with Crippen LogP contribution in [0.4, 0.5) is 10.3 Å². The minimum absolute atomic E-state index is 0.168. The molecule has 0 spiro atoms. The van der Waals surface area contributed by atoms with E-state index in [1.807, 2.05) is 4.57 Å². The molecule has 1 aromatic carbocycles. The quantitative estimate of drug-likeness (QED) is 0.933. The molecule has 2 heterocycles. The van der Waals surface area contributed by atoms with Crippen LogP contribution >= 0.6 is 0 Å². The number of hydrogen-bond acceptors (Lipinski definition) is 4. The van der Waals surface area contributed by atoms with Crippen molar-refractivity contribution in [2.45, 2.75) is 31.4 Å². The second-order valence-electron chi connectivity index (χ2n) is 5.32. The van der Waals surface area contributed by atoms with Crippen LogP contribution in [0.15, 0.2) is 24.5 Å². The van der Waals surface area contributed by atoms with E-state index in [0.29, 0.717) is 24.0 Å². The van der Waals surface area contributed by atoms with Crippen molar-refractivity contribution >= 4 is 11.9 Å². The molecule has 108 valence electrons. The van der Waals surface area contributed by atoms with Crippen LogP contribution in [0, 0.1) is 5.82 Å². The van der Waals surface area contributed by atoms with Crippen molar-refractivity contribution in [1.29, 1.82) is 0 Å². The molecule has 1 aromatic heterocycles. The van der Waals surface area contributed by atoms with Crippen molar-refractivity contribution in [3.8, 4) is 5.75 Å². The van der Waals surface area contributed by atoms with Crippen molar-refractivity contribution in [1.82, 2.24) is 14.8 Å². The van der Waals surface area contributed by atoms with E-state index in [-0.39, 0.29) is 11.7 Å². The number of fused-ring (bicyclic) bond motifs is 1. The average molecular weight is 288 g/mol. The number of carbonyl (C=O) groups is 1. The molecule has 21 heavy (non-hydrogen) atoms. The number of aromatic nitrogens is 3. The first-order valence-corrected chi connectivity index (χ1v) is 6.87. The summed E-state index contributed by atoms with van der Waals surface area (Å²) in [6.07, 6.45) is 3.36. The van der Waals surface area contributed by atoms with Crippen molar-refractivity contribution < 1.29 is 13.9 Å². The van der Waals surface area contributed by atoms with E-state index in [4.69, 9.17) is 4.74 Å². The Bertz CT molecular complexity index is 711. The van der Waals surface area contributed by atoms with Gasteiger partial charge < -0.3 is 4.74 Å². The minimum atomic E-state index is -0.735. The summed E-state index contributed by atoms with van der Waals surface area (Å²) in [5, 5.41) is 10.4. The molecule has 1 unspecified atom stereocenters. The second kappa shape index (κ2) is 4.54. The number of rotatable bonds is 3. The first-order valence-electron chi connectivity index (χ1n) is 6.87. The van der Waals surface area contributed by atoms with Gasteiger partial charge >= 0.3 is 0 Å². The smallest absolute Gasteiger partial charge is 0.268 e. The zero-order valence-corrected chi connectivity index (χ0v) is 11.1. The number of hydrogen-bond donors (Lipinski definition) is 1. The van der Waals surface area contributed by atoms with Gasteiger partial charge in [-0.2, -0.15) is 0 Å². The first kappa shape index (κ1) is 12.3. The molecule has 0 saturated heterocycles. The lowest BCUT2D eigenvalue weighted by Gasteiger charge is -2.11. The molecule has 1 saturated carbocycles. The number of carbonyl (C=O) groups excluding carboxylic acids is 1. The fourth-order valence-electron chi connectivity index (χ4n) is 2.52. The first-order chi connectivity index (χ1) is 10.2. The van der Waals surface area contributed by atoms with Crippen LogP contribution in [0.1, 0.15) is 24.4 Å². The highest BCUT2D eigenvalue weighted by molar-refractivity contribution is 5.93. The zero-order valence-electron chi connectivity index (χ0n) is 11.1. The number of amides is 1. The Kier molecular flexibility index (Phi) is 2.66. The normalized spacial score (nSPS) is 20.0. The van der Waals surface area contributed by atoms with Crippen LogP contribution in [-0.2, 0) is 11.2 Å². The second-order valence-corrected chi connectivity index (χ2v) is 5.32. The molecule has 0 radical (unpaired) electrons. The van der Waals surface area contributed by atoms with E-state index < -0.39 is 11.9 Å². The minimum Gasteiger partial charge on any atom is -0.477 e. The fourth-order valence-corrected chi connectivity index (χ4v) is 2.52. The molecule has 6 nitrogen and oxygen atoms in total. The van der Waals surface area contributed by atoms with Gasteiger partial charge in [0.05, 0.1) is 0 Å². The Morgan fingerprint density at radius 2 is 2.29 bits per heavy atom. The van der Waals surface area contributed by atoms with Gasteiger partial charge in [-0.25, -0.2) is 4.39 Å². The maximum atomic E-state index is 13.6. The highest BCUT2D eigenvalue weighted by Gasteiger charge is 2.33. The van der Waals surface area contributed by atoms with E-state index >= 15 is 0 Å². The summed E-state index contributed by atoms with van der Waals surface area (Å²) >= 11 is 0. The van der Waals surface area contributed by atoms with E-state index in [2.05, 4.69) is 15.5 Å². The van der Waals surface area contributed by atoms with Crippen molar-refractivity contribution in [2.24, 2.45) is 0 Å². The van der Waals surface area contributed by atoms with Gasteiger partial charge in [0.25, 0.3) is 5.91 Å². The van der Waals surface area contributed by atoms with Crippen LogP contribution in [0.2, 0.25) is 0 Å². The SMILES string of the molecule is O=C(Nc1nncn1C1CC1)C1Cc2cccc(F)c2O1. The lowest BCUT2D eigenvalue weighted by atomic mass is 10.1. The zero-order chi connectivity index (χ0) is 14.4. The van der Waals surface area contributed by atoms with Gasteiger partial charge in [-0.15, -0.1) is 10.2 Å². The molecule has 2 aromatic rings. The van der Waals surface area contributed by atoms with Crippen LogP contribution in [0.3, 0.4) is 0 Å². The number of nitrogens with zero attached hydrogens (tertiary/aromatic N) is 3. The van der Waals surface area contributed by atoms with Crippen LogP contribution < -0.4 is 10.1 Å². The molecule has 1 atom stereocenters. The van der Waals surface area contributed by atoms with Gasteiger partial charge in [-0.05, 0) is 18.9 Å². The third-order valence-electron chi connectivity index (χ3n) is 3.75. The van der Waals surface area contributed by atoms with E-state index in [0.717, 1.165) is 12.8 Å². The predicted molar refractivity (Wildman–Crippen MR) is 71.4 cm³/mol. The number of para-hydroxylation sites is 1. The molecule has 2 aliphatic rings. The van der Waals surface area contributed by atoms with Crippen molar-refractivity contribution in [3.63, 3.8) is 0 Å². The molecular weight excluding hydrogens is 275 g/mol. The summed E-state index contributed by atoms with van der Waals surface area (Å²) in [6.45, 7) is 0. The lowest BCUT2D eigenvalue weighted by molar-refractivity contribution is -0.122. The Morgan fingerprint density at radius 3 is 3.05 bits per heavy atom. The topological polar surface area (TPSA) is 69.0 Å². The van der Waals surface area contributed by atoms with E-state index in [1.165, 1.54) is 6.07 Å². The van der Waals surface area contributed by atoms with Crippen molar-refractivity contribution in [2.75, 3.05) is 5.32 Å². The van der Waals surface area contributed by atoms with E-state index in [1.54, 1.807) is 18.5 Å². The van der Waals surface area contributed by atoms with Crippen LogP contribution in [0.5, 0.6) is 5.75 Å². The summed E-state index contributed by atoms with van der Waals surface area (Å²) in [4.78, 5) is 12.2. The summed E-state index contributed by atoms with van der Waals surface area (Å²) in [5.74, 6) is -0.187. The van der Waals surface area contributed by atoms with Gasteiger partial charge in [0.2, 0.25) is 5.95 Å². The Balaban J connectivity index is 1.49. The van der Waals surface area contributed by atoms with Gasteiger partial charge in [-0.3, -0.25) is 14.7 Å². The van der Waals surface area contributed by atoms with Crippen molar-refractivity contribution in [3.05, 3.63) is 35.9 Å². The lowest BCUT2D eigenvalue weighted by Crippen LogP contribution is -2.32. The molecule has 1 N–H and O–H groups in total.